The molecule has 0 unspecified atom stereocenters. The standard InChI is InChI=1S/C7H7BBrO3.C7H6Br2O/c1-11-7-5(9)3-2-4-6(7)12-8-10;1-10-7-5(8)3-2-4-6(7)9/h2-4,10H,1H3;2-4H,1H3. The van der Waals surface area contributed by atoms with Crippen molar-refractivity contribution >= 4 is 55.5 Å². The molecule has 0 aliphatic rings. The highest BCUT2D eigenvalue weighted by atomic mass is 79.9. The quantitative estimate of drug-likeness (QED) is 0.631. The molecule has 0 fully saturated rings. The van der Waals surface area contributed by atoms with Crippen LogP contribution in [0.15, 0.2) is 49.8 Å². The van der Waals surface area contributed by atoms with E-state index >= 15 is 0 Å². The third kappa shape index (κ3) is 5.50. The van der Waals surface area contributed by atoms with Crippen LogP contribution in [0.2, 0.25) is 0 Å². The third-order valence-electron chi connectivity index (χ3n) is 2.44. The summed E-state index contributed by atoms with van der Waals surface area (Å²) in [7, 11) is 3.79. The predicted molar refractivity (Wildman–Crippen MR) is 97.7 cm³/mol. The number of benzene rings is 2. The second kappa shape index (κ2) is 10.1. The summed E-state index contributed by atoms with van der Waals surface area (Å²) < 4.78 is 17.6. The maximum atomic E-state index is 8.41. The van der Waals surface area contributed by atoms with E-state index in [4.69, 9.17) is 19.2 Å². The molecule has 0 heterocycles. The molecular weight excluding hydrogens is 483 g/mol. The molecule has 0 atom stereocenters. The van der Waals surface area contributed by atoms with Crippen molar-refractivity contribution in [3.63, 3.8) is 0 Å². The molecule has 2 rings (SSSR count). The topological polar surface area (TPSA) is 47.9 Å². The molecule has 0 saturated heterocycles. The Labute approximate surface area is 155 Å². The van der Waals surface area contributed by atoms with E-state index in [1.54, 1.807) is 19.2 Å². The Morgan fingerprint density at radius 3 is 1.68 bits per heavy atom. The summed E-state index contributed by atoms with van der Waals surface area (Å²) >= 11 is 9.98. The Morgan fingerprint density at radius 1 is 0.818 bits per heavy atom. The minimum atomic E-state index is 0.467. The Bertz CT molecular complexity index is 590. The van der Waals surface area contributed by atoms with Gasteiger partial charge in [0.25, 0.3) is 0 Å². The largest absolute Gasteiger partial charge is 0.569 e. The fourth-order valence-corrected chi connectivity index (χ4v) is 3.35. The van der Waals surface area contributed by atoms with E-state index in [0.717, 1.165) is 19.2 Å². The fourth-order valence-electron chi connectivity index (χ4n) is 1.51. The molecule has 0 saturated carbocycles. The molecule has 0 amide bonds. The van der Waals surface area contributed by atoms with E-state index in [1.807, 2.05) is 24.3 Å². The summed E-state index contributed by atoms with van der Waals surface area (Å²) in [6.07, 6.45) is 0. The van der Waals surface area contributed by atoms with Crippen LogP contribution in [0.1, 0.15) is 0 Å². The number of hydrogen-bond acceptors (Lipinski definition) is 4. The average Bonchev–Trinajstić information content (AvgIpc) is 2.49. The molecule has 0 aromatic heterocycles. The van der Waals surface area contributed by atoms with Gasteiger partial charge in [0.05, 0.1) is 27.6 Å². The van der Waals surface area contributed by atoms with Crippen LogP contribution < -0.4 is 14.1 Å². The Hall–Kier alpha value is -0.695. The second-order valence-corrected chi connectivity index (χ2v) is 6.31. The van der Waals surface area contributed by atoms with Gasteiger partial charge in [0.15, 0.2) is 5.75 Å². The lowest BCUT2D eigenvalue weighted by molar-refractivity contribution is 0.379. The highest BCUT2D eigenvalue weighted by Gasteiger charge is 2.07. The monoisotopic (exact) mass is 493 g/mol. The first-order chi connectivity index (χ1) is 10.5. The van der Waals surface area contributed by atoms with Crippen LogP contribution in [-0.2, 0) is 0 Å². The first-order valence-electron chi connectivity index (χ1n) is 5.98. The van der Waals surface area contributed by atoms with Crippen LogP contribution in [-0.4, -0.2) is 26.9 Å². The maximum Gasteiger partial charge on any atom is 0.569 e. The smallest absolute Gasteiger partial charge is 0.535 e. The van der Waals surface area contributed by atoms with Crippen LogP contribution in [0, 0.1) is 0 Å². The molecule has 4 nitrogen and oxygen atoms in total. The number of rotatable bonds is 4. The van der Waals surface area contributed by atoms with Crippen LogP contribution in [0.3, 0.4) is 0 Å². The minimum absolute atomic E-state index is 0.467. The van der Waals surface area contributed by atoms with E-state index in [-0.39, 0.29) is 0 Å². The third-order valence-corrected chi connectivity index (χ3v) is 4.31. The van der Waals surface area contributed by atoms with Gasteiger partial charge in [-0.1, -0.05) is 12.1 Å². The average molecular weight is 496 g/mol. The van der Waals surface area contributed by atoms with E-state index in [1.165, 1.54) is 7.11 Å². The molecule has 1 radical (unpaired) electrons. The van der Waals surface area contributed by atoms with Gasteiger partial charge in [-0.3, -0.25) is 0 Å². The molecule has 0 aliphatic heterocycles. The van der Waals surface area contributed by atoms with Gasteiger partial charge in [-0.2, -0.15) is 0 Å². The summed E-state index contributed by atoms with van der Waals surface area (Å²) in [4.78, 5) is 0. The molecule has 117 valence electrons. The number of methoxy groups -OCH3 is 2. The molecule has 2 aromatic rings. The van der Waals surface area contributed by atoms with Gasteiger partial charge >= 0.3 is 7.69 Å². The van der Waals surface area contributed by atoms with Gasteiger partial charge in [-0.15, -0.1) is 0 Å². The Morgan fingerprint density at radius 2 is 1.27 bits per heavy atom. The Balaban J connectivity index is 0.000000224. The summed E-state index contributed by atoms with van der Waals surface area (Å²) in [5.41, 5.74) is 0. The van der Waals surface area contributed by atoms with Crippen molar-refractivity contribution in [3.05, 3.63) is 49.8 Å². The zero-order valence-corrected chi connectivity index (χ0v) is 16.6. The summed E-state index contributed by atoms with van der Waals surface area (Å²) in [6, 6.07) is 11.1. The van der Waals surface area contributed by atoms with Crippen molar-refractivity contribution in [2.45, 2.75) is 0 Å². The summed E-state index contributed by atoms with van der Waals surface area (Å²) in [6.45, 7) is 0. The Kier molecular flexibility index (Phi) is 8.93. The van der Waals surface area contributed by atoms with Crippen molar-refractivity contribution in [2.75, 3.05) is 14.2 Å². The number of hydrogen-bond donors (Lipinski definition) is 1. The van der Waals surface area contributed by atoms with Gasteiger partial charge in [0.1, 0.15) is 11.5 Å². The number of ether oxygens (including phenoxy) is 2. The molecule has 22 heavy (non-hydrogen) atoms. The number of halogens is 3. The molecule has 8 heteroatoms. The lowest BCUT2D eigenvalue weighted by Crippen LogP contribution is -2.01. The van der Waals surface area contributed by atoms with Gasteiger partial charge < -0.3 is 19.2 Å². The first kappa shape index (κ1) is 19.4. The molecular formula is C14H13BBr3O4. The van der Waals surface area contributed by atoms with Crippen molar-refractivity contribution in [1.82, 2.24) is 0 Å². The summed E-state index contributed by atoms with van der Waals surface area (Å²) in [5, 5.41) is 8.41. The molecule has 1 N–H and O–H groups in total. The molecule has 2 aromatic carbocycles. The van der Waals surface area contributed by atoms with Gasteiger partial charge in [0, 0.05) is 0 Å². The normalized spacial score (nSPS) is 9.36. The maximum absolute atomic E-state index is 8.41. The van der Waals surface area contributed by atoms with Gasteiger partial charge in [0.2, 0.25) is 0 Å². The lowest BCUT2D eigenvalue weighted by atomic mass is 10.3. The van der Waals surface area contributed by atoms with Crippen molar-refractivity contribution in [1.29, 1.82) is 0 Å². The van der Waals surface area contributed by atoms with E-state index in [9.17, 15) is 0 Å². The predicted octanol–water partition coefficient (Wildman–Crippen LogP) is 4.58. The van der Waals surface area contributed by atoms with Crippen molar-refractivity contribution < 1.29 is 19.2 Å². The van der Waals surface area contributed by atoms with E-state index in [0.29, 0.717) is 19.2 Å². The SMILES string of the molecule is COc1c(Br)cccc1Br.COc1c(Br)cccc1O[B]O. The zero-order valence-electron chi connectivity index (χ0n) is 11.8. The van der Waals surface area contributed by atoms with Gasteiger partial charge in [-0.05, 0) is 72.1 Å². The molecule has 0 bridgehead atoms. The summed E-state index contributed by atoms with van der Waals surface area (Å²) in [5.74, 6) is 1.86. The van der Waals surface area contributed by atoms with Crippen molar-refractivity contribution in [3.8, 4) is 17.2 Å². The fraction of sp³-hybridized carbons (Fsp3) is 0.143. The number of para-hydroxylation sites is 2. The zero-order chi connectivity index (χ0) is 16.5. The van der Waals surface area contributed by atoms with Gasteiger partial charge in [-0.25, -0.2) is 0 Å². The second-order valence-electron chi connectivity index (χ2n) is 3.75. The molecule has 0 aliphatic carbocycles. The van der Waals surface area contributed by atoms with Crippen LogP contribution >= 0.6 is 47.8 Å². The van der Waals surface area contributed by atoms with Crippen molar-refractivity contribution in [2.24, 2.45) is 0 Å². The van der Waals surface area contributed by atoms with Crippen LogP contribution in [0.5, 0.6) is 17.2 Å². The highest BCUT2D eigenvalue weighted by molar-refractivity contribution is 9.11. The van der Waals surface area contributed by atoms with Crippen LogP contribution in [0.25, 0.3) is 0 Å². The van der Waals surface area contributed by atoms with E-state index < -0.39 is 0 Å². The highest BCUT2D eigenvalue weighted by Crippen LogP contribution is 2.34. The van der Waals surface area contributed by atoms with E-state index in [2.05, 4.69) is 47.8 Å². The minimum Gasteiger partial charge on any atom is -0.535 e. The first-order valence-corrected chi connectivity index (χ1v) is 8.36. The van der Waals surface area contributed by atoms with Crippen LogP contribution in [0.4, 0.5) is 0 Å². The molecule has 0 spiro atoms. The lowest BCUT2D eigenvalue weighted by Gasteiger charge is -2.08.